The van der Waals surface area contributed by atoms with Gasteiger partial charge in [0.25, 0.3) is 0 Å². The smallest absolute Gasteiger partial charge is 0.157 e. The molecule has 0 aromatic carbocycles. The van der Waals surface area contributed by atoms with Crippen LogP contribution in [0.5, 0.6) is 0 Å². The summed E-state index contributed by atoms with van der Waals surface area (Å²) in [4.78, 5) is 5.69. The van der Waals surface area contributed by atoms with Crippen LogP contribution in [0.4, 0.5) is 0 Å². The Morgan fingerprint density at radius 2 is 2.28 bits per heavy atom. The fourth-order valence-corrected chi connectivity index (χ4v) is 3.13. The fourth-order valence-electron chi connectivity index (χ4n) is 2.06. The van der Waals surface area contributed by atoms with E-state index in [4.69, 9.17) is 11.6 Å². The topological polar surface area (TPSA) is 30.2 Å². The van der Waals surface area contributed by atoms with Crippen molar-refractivity contribution in [3.05, 3.63) is 40.0 Å². The van der Waals surface area contributed by atoms with E-state index in [1.165, 1.54) is 0 Å². The molecule has 92 valence electrons. The van der Waals surface area contributed by atoms with Crippen LogP contribution in [0.3, 0.4) is 0 Å². The summed E-state index contributed by atoms with van der Waals surface area (Å²) in [7, 11) is 0. The molecule has 3 rings (SSSR count). The van der Waals surface area contributed by atoms with Crippen molar-refractivity contribution in [2.75, 3.05) is 0 Å². The first-order valence-electron chi connectivity index (χ1n) is 5.79. The number of hydrogen-bond acceptors (Lipinski definition) is 3. The summed E-state index contributed by atoms with van der Waals surface area (Å²) in [5, 5.41) is 7.25. The van der Waals surface area contributed by atoms with Gasteiger partial charge in [-0.25, -0.2) is 9.50 Å². The molecule has 0 amide bonds. The third kappa shape index (κ3) is 1.72. The Morgan fingerprint density at radius 3 is 2.94 bits per heavy atom. The lowest BCUT2D eigenvalue weighted by Crippen LogP contribution is -2.01. The third-order valence-electron chi connectivity index (χ3n) is 2.97. The van der Waals surface area contributed by atoms with Crippen LogP contribution in [0, 0.1) is 6.92 Å². The van der Waals surface area contributed by atoms with Crippen LogP contribution in [-0.2, 0) is 6.42 Å². The van der Waals surface area contributed by atoms with Gasteiger partial charge in [-0.1, -0.05) is 24.6 Å². The van der Waals surface area contributed by atoms with Crippen LogP contribution in [-0.4, -0.2) is 14.6 Å². The Bertz CT molecular complexity index is 701. The van der Waals surface area contributed by atoms with Crippen LogP contribution in [0.15, 0.2) is 23.6 Å². The molecule has 0 fully saturated rings. The van der Waals surface area contributed by atoms with Gasteiger partial charge in [-0.05, 0) is 24.8 Å². The molecule has 0 radical (unpaired) electrons. The quantitative estimate of drug-likeness (QED) is 0.663. The third-order valence-corrected chi connectivity index (χ3v) is 4.25. The van der Waals surface area contributed by atoms with Gasteiger partial charge in [-0.15, -0.1) is 11.3 Å². The summed E-state index contributed by atoms with van der Waals surface area (Å²) in [6.45, 7) is 4.06. The molecule has 3 aromatic rings. The van der Waals surface area contributed by atoms with Crippen LogP contribution >= 0.6 is 22.9 Å². The lowest BCUT2D eigenvalue weighted by Gasteiger charge is -2.06. The van der Waals surface area contributed by atoms with Gasteiger partial charge in [0, 0.05) is 17.3 Å². The van der Waals surface area contributed by atoms with Crippen molar-refractivity contribution in [2.45, 2.75) is 20.3 Å². The molecule has 0 aliphatic rings. The molecule has 0 saturated heterocycles. The summed E-state index contributed by atoms with van der Waals surface area (Å²) in [6.07, 6.45) is 0.863. The SMILES string of the molecule is CCc1c(C)nc2cc(-c3cccs3)nn2c1Cl. The lowest BCUT2D eigenvalue weighted by molar-refractivity contribution is 0.899. The summed E-state index contributed by atoms with van der Waals surface area (Å²) < 4.78 is 1.72. The Balaban J connectivity index is 2.27. The number of thiophene rings is 1. The largest absolute Gasteiger partial charge is 0.233 e. The first-order chi connectivity index (χ1) is 8.70. The van der Waals surface area contributed by atoms with Gasteiger partial charge in [0.1, 0.15) is 10.8 Å². The molecule has 0 atom stereocenters. The van der Waals surface area contributed by atoms with E-state index in [1.54, 1.807) is 15.9 Å². The number of halogens is 1. The molecule has 0 saturated carbocycles. The molecule has 3 heterocycles. The summed E-state index contributed by atoms with van der Waals surface area (Å²) >= 11 is 8.05. The van der Waals surface area contributed by atoms with E-state index in [2.05, 4.69) is 17.0 Å². The molecule has 18 heavy (non-hydrogen) atoms. The second kappa shape index (κ2) is 4.37. The van der Waals surface area contributed by atoms with Crippen molar-refractivity contribution in [1.82, 2.24) is 14.6 Å². The average molecular weight is 278 g/mol. The predicted octanol–water partition coefficient (Wildman–Crippen LogP) is 3.98. The van der Waals surface area contributed by atoms with Crippen molar-refractivity contribution >= 4 is 28.6 Å². The van der Waals surface area contributed by atoms with Gasteiger partial charge >= 0.3 is 0 Å². The second-order valence-electron chi connectivity index (χ2n) is 4.10. The van der Waals surface area contributed by atoms with Gasteiger partial charge in [0.15, 0.2) is 5.65 Å². The van der Waals surface area contributed by atoms with E-state index < -0.39 is 0 Å². The molecule has 3 nitrogen and oxygen atoms in total. The van der Waals surface area contributed by atoms with Gasteiger partial charge in [-0.3, -0.25) is 0 Å². The lowest BCUT2D eigenvalue weighted by atomic mass is 10.2. The highest BCUT2D eigenvalue weighted by Gasteiger charge is 2.13. The van der Waals surface area contributed by atoms with Crippen molar-refractivity contribution in [1.29, 1.82) is 0 Å². The molecule has 0 N–H and O–H groups in total. The molecular formula is C13H12ClN3S. The zero-order chi connectivity index (χ0) is 12.7. The Morgan fingerprint density at radius 1 is 1.44 bits per heavy atom. The van der Waals surface area contributed by atoms with Crippen molar-refractivity contribution in [2.24, 2.45) is 0 Å². The zero-order valence-electron chi connectivity index (χ0n) is 10.1. The maximum absolute atomic E-state index is 6.39. The van der Waals surface area contributed by atoms with Gasteiger partial charge in [0.05, 0.1) is 4.88 Å². The van der Waals surface area contributed by atoms with Crippen LogP contribution in [0.25, 0.3) is 16.2 Å². The molecule has 0 aliphatic heterocycles. The second-order valence-corrected chi connectivity index (χ2v) is 5.40. The summed E-state index contributed by atoms with van der Waals surface area (Å²) in [6, 6.07) is 6.04. The first kappa shape index (κ1) is 11.7. The van der Waals surface area contributed by atoms with E-state index in [1.807, 2.05) is 30.5 Å². The van der Waals surface area contributed by atoms with E-state index in [0.717, 1.165) is 33.9 Å². The maximum atomic E-state index is 6.39. The zero-order valence-corrected chi connectivity index (χ0v) is 11.7. The molecule has 0 aliphatic carbocycles. The fraction of sp³-hybridized carbons (Fsp3) is 0.231. The number of rotatable bonds is 2. The van der Waals surface area contributed by atoms with Gasteiger partial charge in [-0.2, -0.15) is 5.10 Å². The molecular weight excluding hydrogens is 266 g/mol. The van der Waals surface area contributed by atoms with E-state index in [-0.39, 0.29) is 0 Å². The van der Waals surface area contributed by atoms with Crippen molar-refractivity contribution in [3.8, 4) is 10.6 Å². The Kier molecular flexibility index (Phi) is 2.84. The minimum absolute atomic E-state index is 0.669. The van der Waals surface area contributed by atoms with E-state index in [9.17, 15) is 0 Å². The van der Waals surface area contributed by atoms with Crippen LogP contribution in [0.2, 0.25) is 5.15 Å². The standard InChI is InChI=1S/C13H12ClN3S/c1-3-9-8(2)15-12-7-10(11-5-4-6-18-11)16-17(12)13(9)14/h4-7H,3H2,1-2H3. The van der Waals surface area contributed by atoms with Gasteiger partial charge in [0.2, 0.25) is 0 Å². The summed E-state index contributed by atoms with van der Waals surface area (Å²) in [5.74, 6) is 0. The maximum Gasteiger partial charge on any atom is 0.157 e. The molecule has 0 bridgehead atoms. The monoisotopic (exact) mass is 277 g/mol. The average Bonchev–Trinajstić information content (AvgIpc) is 2.96. The van der Waals surface area contributed by atoms with Crippen molar-refractivity contribution in [3.63, 3.8) is 0 Å². The highest BCUT2D eigenvalue weighted by Crippen LogP contribution is 2.27. The minimum atomic E-state index is 0.669. The molecule has 3 aromatic heterocycles. The Hall–Kier alpha value is -1.39. The number of aryl methyl sites for hydroxylation is 1. The highest BCUT2D eigenvalue weighted by molar-refractivity contribution is 7.13. The van der Waals surface area contributed by atoms with E-state index in [0.29, 0.717) is 5.15 Å². The first-order valence-corrected chi connectivity index (χ1v) is 7.05. The highest BCUT2D eigenvalue weighted by atomic mass is 35.5. The number of fused-ring (bicyclic) bond motifs is 1. The predicted molar refractivity (Wildman–Crippen MR) is 75.4 cm³/mol. The number of nitrogens with zero attached hydrogens (tertiary/aromatic N) is 3. The van der Waals surface area contributed by atoms with Crippen LogP contribution < -0.4 is 0 Å². The number of aromatic nitrogens is 3. The summed E-state index contributed by atoms with van der Waals surface area (Å²) in [5.41, 5.74) is 3.77. The minimum Gasteiger partial charge on any atom is -0.233 e. The van der Waals surface area contributed by atoms with Gasteiger partial charge < -0.3 is 0 Å². The van der Waals surface area contributed by atoms with Crippen LogP contribution in [0.1, 0.15) is 18.2 Å². The molecule has 0 unspecified atom stereocenters. The molecule has 5 heteroatoms. The molecule has 0 spiro atoms. The normalized spacial score (nSPS) is 11.3. The van der Waals surface area contributed by atoms with Crippen molar-refractivity contribution < 1.29 is 0 Å². The van der Waals surface area contributed by atoms with E-state index >= 15 is 0 Å². The number of hydrogen-bond donors (Lipinski definition) is 0. The Labute approximate surface area is 114 Å².